The Morgan fingerprint density at radius 3 is 2.06 bits per heavy atom. The van der Waals surface area contributed by atoms with Crippen molar-refractivity contribution in [1.29, 1.82) is 0 Å². The van der Waals surface area contributed by atoms with Crippen LogP contribution in [-0.2, 0) is 9.47 Å². The number of rotatable bonds is 5. The minimum atomic E-state index is -1.41. The third-order valence-electron chi connectivity index (χ3n) is 2.55. The summed E-state index contributed by atoms with van der Waals surface area (Å²) >= 11 is 0. The van der Waals surface area contributed by atoms with Crippen molar-refractivity contribution in [2.45, 2.75) is 38.6 Å². The first-order chi connectivity index (χ1) is 7.45. The maximum atomic E-state index is 5.99. The number of benzene rings is 1. The molecule has 0 heterocycles. The largest absolute Gasteiger partial charge is 0.356 e. The second-order valence-corrected chi connectivity index (χ2v) is 10.4. The molecule has 1 rings (SSSR count). The van der Waals surface area contributed by atoms with Crippen LogP contribution in [0, 0.1) is 0 Å². The number of ether oxygens (including phenoxy) is 2. The Balaban J connectivity index is 2.89. The summed E-state index contributed by atoms with van der Waals surface area (Å²) in [6, 6.07) is 10.4. The third kappa shape index (κ3) is 3.74. The van der Waals surface area contributed by atoms with Crippen molar-refractivity contribution in [3.05, 3.63) is 35.9 Å². The Morgan fingerprint density at radius 2 is 1.62 bits per heavy atom. The molecule has 0 aliphatic heterocycles. The first kappa shape index (κ1) is 13.4. The lowest BCUT2D eigenvalue weighted by Gasteiger charge is -2.31. The highest BCUT2D eigenvalue weighted by molar-refractivity contribution is 6.77. The van der Waals surface area contributed by atoms with Gasteiger partial charge in [-0.2, -0.15) is 0 Å². The van der Waals surface area contributed by atoms with Crippen LogP contribution in [0.3, 0.4) is 0 Å². The molecule has 0 N–H and O–H groups in total. The van der Waals surface area contributed by atoms with Gasteiger partial charge in [0.2, 0.25) is 0 Å². The van der Waals surface area contributed by atoms with Gasteiger partial charge in [-0.25, -0.2) is 0 Å². The molecule has 0 spiro atoms. The molecule has 1 aromatic rings. The molecule has 0 aliphatic rings. The van der Waals surface area contributed by atoms with E-state index in [1.54, 1.807) is 7.11 Å². The molecule has 90 valence electrons. The number of hydrogen-bond acceptors (Lipinski definition) is 2. The maximum absolute atomic E-state index is 5.99. The van der Waals surface area contributed by atoms with E-state index in [-0.39, 0.29) is 12.0 Å². The maximum Gasteiger partial charge on any atom is 0.154 e. The lowest BCUT2D eigenvalue weighted by Crippen LogP contribution is -2.35. The zero-order chi connectivity index (χ0) is 12.2. The number of hydrogen-bond donors (Lipinski definition) is 0. The van der Waals surface area contributed by atoms with Gasteiger partial charge >= 0.3 is 0 Å². The molecule has 0 aromatic heterocycles. The Morgan fingerprint density at radius 1 is 1.06 bits per heavy atom. The molecule has 0 amide bonds. The first-order valence-electron chi connectivity index (χ1n) is 5.68. The van der Waals surface area contributed by atoms with Gasteiger partial charge in [0.15, 0.2) is 6.29 Å². The minimum absolute atomic E-state index is 0.156. The van der Waals surface area contributed by atoms with Crippen LogP contribution < -0.4 is 0 Å². The zero-order valence-electron chi connectivity index (χ0n) is 10.9. The van der Waals surface area contributed by atoms with E-state index in [1.165, 1.54) is 5.56 Å². The van der Waals surface area contributed by atoms with Crippen LogP contribution in [0.25, 0.3) is 0 Å². The van der Waals surface area contributed by atoms with Crippen molar-refractivity contribution in [2.24, 2.45) is 0 Å². The van der Waals surface area contributed by atoms with Gasteiger partial charge in [0.1, 0.15) is 0 Å². The van der Waals surface area contributed by atoms with Gasteiger partial charge in [0.05, 0.1) is 13.8 Å². The van der Waals surface area contributed by atoms with E-state index in [2.05, 4.69) is 43.9 Å². The quantitative estimate of drug-likeness (QED) is 0.576. The highest BCUT2D eigenvalue weighted by Crippen LogP contribution is 2.29. The van der Waals surface area contributed by atoms with E-state index in [1.807, 2.05) is 13.0 Å². The normalized spacial score (nSPS) is 15.8. The van der Waals surface area contributed by atoms with Gasteiger partial charge in [-0.15, -0.1) is 0 Å². The summed E-state index contributed by atoms with van der Waals surface area (Å²) in [6.07, 6.45) is -0.156. The molecule has 16 heavy (non-hydrogen) atoms. The van der Waals surface area contributed by atoms with Crippen LogP contribution in [0.1, 0.15) is 18.2 Å². The van der Waals surface area contributed by atoms with Crippen LogP contribution in [0.4, 0.5) is 0 Å². The summed E-state index contributed by atoms with van der Waals surface area (Å²) < 4.78 is 11.2. The smallest absolute Gasteiger partial charge is 0.154 e. The van der Waals surface area contributed by atoms with Crippen molar-refractivity contribution >= 4 is 8.07 Å². The van der Waals surface area contributed by atoms with Crippen molar-refractivity contribution in [3.63, 3.8) is 0 Å². The molecule has 0 bridgehead atoms. The van der Waals surface area contributed by atoms with Crippen LogP contribution in [-0.4, -0.2) is 21.5 Å². The molecule has 2 nitrogen and oxygen atoms in total. The SMILES string of the molecule is COC(C)OC(c1ccccc1)[Si](C)(C)C. The molecular weight excluding hydrogens is 216 g/mol. The molecule has 1 aromatic carbocycles. The molecular formula is C13H22O2Si. The fourth-order valence-corrected chi connectivity index (χ4v) is 3.45. The minimum Gasteiger partial charge on any atom is -0.356 e. The lowest BCUT2D eigenvalue weighted by atomic mass is 10.2. The van der Waals surface area contributed by atoms with Crippen LogP contribution >= 0.6 is 0 Å². The Labute approximate surface area is 99.6 Å². The summed E-state index contributed by atoms with van der Waals surface area (Å²) in [4.78, 5) is 0. The van der Waals surface area contributed by atoms with Crippen LogP contribution in [0.5, 0.6) is 0 Å². The summed E-state index contributed by atoms with van der Waals surface area (Å²) in [7, 11) is 0.269. The molecule has 2 atom stereocenters. The Hall–Kier alpha value is -0.643. The van der Waals surface area contributed by atoms with Gasteiger partial charge in [0.25, 0.3) is 0 Å². The zero-order valence-corrected chi connectivity index (χ0v) is 11.9. The first-order valence-corrected chi connectivity index (χ1v) is 9.26. The van der Waals surface area contributed by atoms with Gasteiger partial charge in [-0.3, -0.25) is 0 Å². The van der Waals surface area contributed by atoms with Crippen molar-refractivity contribution in [1.82, 2.24) is 0 Å². The summed E-state index contributed by atoms with van der Waals surface area (Å²) in [5.74, 6) is 0. The summed E-state index contributed by atoms with van der Waals surface area (Å²) in [5, 5.41) is 0. The van der Waals surface area contributed by atoms with E-state index >= 15 is 0 Å². The lowest BCUT2D eigenvalue weighted by molar-refractivity contribution is -0.126. The molecule has 0 aliphatic carbocycles. The van der Waals surface area contributed by atoms with Gasteiger partial charge < -0.3 is 9.47 Å². The van der Waals surface area contributed by atoms with E-state index < -0.39 is 8.07 Å². The highest BCUT2D eigenvalue weighted by atomic mass is 28.3. The van der Waals surface area contributed by atoms with Crippen LogP contribution in [0.15, 0.2) is 30.3 Å². The predicted molar refractivity (Wildman–Crippen MR) is 70.1 cm³/mol. The van der Waals surface area contributed by atoms with E-state index in [9.17, 15) is 0 Å². The van der Waals surface area contributed by atoms with Gasteiger partial charge in [-0.1, -0.05) is 50.0 Å². The van der Waals surface area contributed by atoms with E-state index in [0.29, 0.717) is 0 Å². The summed E-state index contributed by atoms with van der Waals surface area (Å²) in [5.41, 5.74) is 1.44. The third-order valence-corrected chi connectivity index (χ3v) is 4.59. The second-order valence-electron chi connectivity index (χ2n) is 5.10. The Bertz CT molecular complexity index is 305. The van der Waals surface area contributed by atoms with Crippen molar-refractivity contribution in [2.75, 3.05) is 7.11 Å². The topological polar surface area (TPSA) is 18.5 Å². The Kier molecular flexibility index (Phi) is 4.71. The number of methoxy groups -OCH3 is 1. The fourth-order valence-electron chi connectivity index (χ4n) is 1.66. The summed E-state index contributed by atoms with van der Waals surface area (Å²) in [6.45, 7) is 8.88. The molecule has 0 saturated heterocycles. The molecule has 3 heteroatoms. The van der Waals surface area contributed by atoms with Crippen molar-refractivity contribution in [3.8, 4) is 0 Å². The average molecular weight is 238 g/mol. The van der Waals surface area contributed by atoms with E-state index in [0.717, 1.165) is 0 Å². The van der Waals surface area contributed by atoms with E-state index in [4.69, 9.17) is 9.47 Å². The molecule has 2 unspecified atom stereocenters. The monoisotopic (exact) mass is 238 g/mol. The average Bonchev–Trinajstić information content (AvgIpc) is 2.25. The van der Waals surface area contributed by atoms with Gasteiger partial charge in [-0.05, 0) is 12.5 Å². The van der Waals surface area contributed by atoms with Gasteiger partial charge in [0, 0.05) is 7.11 Å². The standard InChI is InChI=1S/C13H22O2Si/c1-11(14-2)15-13(16(3,4)5)12-9-7-6-8-10-12/h6-11,13H,1-5H3. The molecule has 0 saturated carbocycles. The highest BCUT2D eigenvalue weighted by Gasteiger charge is 2.30. The second kappa shape index (κ2) is 5.62. The predicted octanol–water partition coefficient (Wildman–Crippen LogP) is 3.61. The fraction of sp³-hybridized carbons (Fsp3) is 0.538. The molecule has 0 fully saturated rings. The van der Waals surface area contributed by atoms with Crippen molar-refractivity contribution < 1.29 is 9.47 Å². The molecule has 0 radical (unpaired) electrons. The van der Waals surface area contributed by atoms with Crippen LogP contribution in [0.2, 0.25) is 19.6 Å².